The molecule has 5 nitrogen and oxygen atoms in total. The van der Waals surface area contributed by atoms with Gasteiger partial charge in [-0.15, -0.1) is 0 Å². The molecule has 0 N–H and O–H groups in total. The third-order valence-corrected chi connectivity index (χ3v) is 1.73. The summed E-state index contributed by atoms with van der Waals surface area (Å²) >= 11 is 0. The molecule has 1 amide bonds. The first-order valence-corrected chi connectivity index (χ1v) is 3.56. The first kappa shape index (κ1) is 7.60. The Morgan fingerprint density at radius 1 is 1.38 bits per heavy atom. The maximum Gasteiger partial charge on any atom is 0.270 e. The molecule has 1 aliphatic heterocycles. The Bertz CT molecular complexity index is 519. The Morgan fingerprint density at radius 2 is 2.15 bits per heavy atom. The first-order chi connectivity index (χ1) is 6.16. The van der Waals surface area contributed by atoms with E-state index in [1.54, 1.807) is 0 Å². The molecule has 0 unspecified atom stereocenters. The lowest BCUT2D eigenvalue weighted by Gasteiger charge is -1.87. The maximum atomic E-state index is 10.8. The topological polar surface area (TPSA) is 72.6 Å². The van der Waals surface area contributed by atoms with Crippen LogP contribution in [0.1, 0.15) is 0 Å². The van der Waals surface area contributed by atoms with Crippen LogP contribution in [0.4, 0.5) is 5.69 Å². The molecule has 0 saturated carbocycles. The Kier molecular flexibility index (Phi) is 1.45. The minimum atomic E-state index is -0.503. The van der Waals surface area contributed by atoms with Crippen LogP contribution in [0.25, 0.3) is 6.08 Å². The summed E-state index contributed by atoms with van der Waals surface area (Å²) in [6.45, 7) is 0. The van der Waals surface area contributed by atoms with Gasteiger partial charge in [-0.25, -0.2) is 4.99 Å². The average molecular weight is 176 g/mol. The number of nitro benzene ring substituents is 1. The second kappa shape index (κ2) is 2.48. The van der Waals surface area contributed by atoms with Crippen LogP contribution < -0.4 is 10.6 Å². The lowest BCUT2D eigenvalue weighted by Crippen LogP contribution is -2.20. The molecule has 1 aromatic carbocycles. The second-order valence-corrected chi connectivity index (χ2v) is 2.59. The van der Waals surface area contributed by atoms with E-state index in [9.17, 15) is 14.9 Å². The summed E-state index contributed by atoms with van der Waals surface area (Å²) in [6.07, 6.45) is 1.28. The molecule has 1 heterocycles. The van der Waals surface area contributed by atoms with E-state index in [-0.39, 0.29) is 11.6 Å². The number of rotatable bonds is 1. The number of nitro groups is 1. The Hall–Kier alpha value is -2.04. The highest BCUT2D eigenvalue weighted by Gasteiger charge is 2.08. The highest BCUT2D eigenvalue weighted by Crippen LogP contribution is 2.03. The van der Waals surface area contributed by atoms with Gasteiger partial charge in [-0.1, -0.05) is 0 Å². The van der Waals surface area contributed by atoms with E-state index in [2.05, 4.69) is 4.99 Å². The van der Waals surface area contributed by atoms with Crippen molar-refractivity contribution in [2.45, 2.75) is 0 Å². The molecule has 5 heteroatoms. The Labute approximate surface area is 72.2 Å². The summed E-state index contributed by atoms with van der Waals surface area (Å²) in [5.41, 5.74) is -0.0279. The van der Waals surface area contributed by atoms with Gasteiger partial charge in [-0.2, -0.15) is 0 Å². The van der Waals surface area contributed by atoms with E-state index >= 15 is 0 Å². The molecule has 2 rings (SSSR count). The van der Waals surface area contributed by atoms with Crippen LogP contribution >= 0.6 is 0 Å². The van der Waals surface area contributed by atoms with Crippen molar-refractivity contribution in [3.63, 3.8) is 0 Å². The van der Waals surface area contributed by atoms with E-state index in [0.717, 1.165) is 0 Å². The number of benzene rings is 1. The third kappa shape index (κ3) is 1.20. The van der Waals surface area contributed by atoms with Gasteiger partial charge in [0.25, 0.3) is 11.6 Å². The Balaban J connectivity index is 2.73. The smallest absolute Gasteiger partial charge is 0.267 e. The van der Waals surface area contributed by atoms with Gasteiger partial charge in [0.15, 0.2) is 0 Å². The molecule has 0 bridgehead atoms. The molecular formula is C8H4N2O3. The molecule has 13 heavy (non-hydrogen) atoms. The Morgan fingerprint density at radius 3 is 2.85 bits per heavy atom. The van der Waals surface area contributed by atoms with Gasteiger partial charge >= 0.3 is 0 Å². The van der Waals surface area contributed by atoms with Crippen molar-refractivity contribution in [3.8, 4) is 0 Å². The molecule has 0 atom stereocenters. The summed E-state index contributed by atoms with van der Waals surface area (Å²) in [6, 6.07) is 4.13. The number of hydrogen-bond donors (Lipinski definition) is 0. The molecule has 0 aliphatic carbocycles. The van der Waals surface area contributed by atoms with Gasteiger partial charge in [0.1, 0.15) is 0 Å². The van der Waals surface area contributed by atoms with Crippen molar-refractivity contribution in [1.29, 1.82) is 0 Å². The number of non-ortho nitro benzene ring substituents is 1. The minimum Gasteiger partial charge on any atom is -0.267 e. The van der Waals surface area contributed by atoms with Crippen molar-refractivity contribution in [1.82, 2.24) is 0 Å². The predicted molar refractivity (Wildman–Crippen MR) is 43.3 cm³/mol. The number of amides is 1. The van der Waals surface area contributed by atoms with Crippen molar-refractivity contribution in [2.24, 2.45) is 4.99 Å². The van der Waals surface area contributed by atoms with Crippen LogP contribution in [-0.2, 0) is 4.79 Å². The lowest BCUT2D eigenvalue weighted by atomic mass is 10.2. The summed E-state index contributed by atoms with van der Waals surface area (Å²) in [5, 5.41) is 11.4. The van der Waals surface area contributed by atoms with E-state index in [1.807, 2.05) is 0 Å². The molecule has 0 spiro atoms. The van der Waals surface area contributed by atoms with Gasteiger partial charge in [0.2, 0.25) is 0 Å². The largest absolute Gasteiger partial charge is 0.270 e. The lowest BCUT2D eigenvalue weighted by molar-refractivity contribution is -0.385. The zero-order valence-electron chi connectivity index (χ0n) is 6.43. The minimum absolute atomic E-state index is 0.0279. The zero-order chi connectivity index (χ0) is 9.42. The van der Waals surface area contributed by atoms with Crippen molar-refractivity contribution in [3.05, 3.63) is 38.9 Å². The highest BCUT2D eigenvalue weighted by molar-refractivity contribution is 6.06. The highest BCUT2D eigenvalue weighted by atomic mass is 16.6. The van der Waals surface area contributed by atoms with Crippen LogP contribution in [0.2, 0.25) is 0 Å². The predicted octanol–water partition coefficient (Wildman–Crippen LogP) is -0.465. The molecule has 0 fully saturated rings. The van der Waals surface area contributed by atoms with Gasteiger partial charge in [0, 0.05) is 23.4 Å². The molecule has 1 aromatic rings. The van der Waals surface area contributed by atoms with E-state index in [4.69, 9.17) is 0 Å². The fraction of sp³-hybridized carbons (Fsp3) is 0. The van der Waals surface area contributed by atoms with Crippen LogP contribution in [0.5, 0.6) is 0 Å². The van der Waals surface area contributed by atoms with E-state index < -0.39 is 4.92 Å². The fourth-order valence-corrected chi connectivity index (χ4v) is 1.16. The third-order valence-electron chi connectivity index (χ3n) is 1.73. The SMILES string of the molecule is O=C1C=c2cc([N+](=O)[O-])ccc2=N1. The zero-order valence-corrected chi connectivity index (χ0v) is 6.43. The number of nitrogens with zero attached hydrogens (tertiary/aromatic N) is 2. The van der Waals surface area contributed by atoms with Gasteiger partial charge in [-0.05, 0) is 6.07 Å². The number of carbonyl (C=O) groups is 1. The van der Waals surface area contributed by atoms with Gasteiger partial charge < -0.3 is 0 Å². The van der Waals surface area contributed by atoms with Crippen LogP contribution in [0.15, 0.2) is 23.2 Å². The van der Waals surface area contributed by atoms with Crippen molar-refractivity contribution >= 4 is 17.7 Å². The van der Waals surface area contributed by atoms with Gasteiger partial charge in [-0.3, -0.25) is 14.9 Å². The second-order valence-electron chi connectivity index (χ2n) is 2.59. The normalized spacial score (nSPS) is 13.1. The first-order valence-electron chi connectivity index (χ1n) is 3.56. The van der Waals surface area contributed by atoms with Crippen molar-refractivity contribution < 1.29 is 9.72 Å². The molecule has 0 aromatic heterocycles. The molecule has 0 saturated heterocycles. The number of hydrogen-bond acceptors (Lipinski definition) is 3. The molecular weight excluding hydrogens is 172 g/mol. The molecule has 64 valence electrons. The standard InChI is InChI=1S/C8H4N2O3/c11-8-4-5-3-6(10(12)13)1-2-7(5)9-8/h1-4H. The quantitative estimate of drug-likeness (QED) is 0.429. The summed E-state index contributed by atoms with van der Waals surface area (Å²) < 4.78 is 0. The fourth-order valence-electron chi connectivity index (χ4n) is 1.16. The average Bonchev–Trinajstić information content (AvgIpc) is 2.42. The summed E-state index contributed by atoms with van der Waals surface area (Å²) in [7, 11) is 0. The monoisotopic (exact) mass is 176 g/mol. The van der Waals surface area contributed by atoms with Crippen LogP contribution in [0, 0.1) is 10.1 Å². The van der Waals surface area contributed by atoms with Crippen LogP contribution in [0.3, 0.4) is 0 Å². The van der Waals surface area contributed by atoms with Gasteiger partial charge in [0.05, 0.1) is 10.3 Å². The number of carbonyl (C=O) groups excluding carboxylic acids is 1. The van der Waals surface area contributed by atoms with E-state index in [0.29, 0.717) is 10.6 Å². The van der Waals surface area contributed by atoms with Crippen molar-refractivity contribution in [2.75, 3.05) is 0 Å². The molecule has 0 radical (unpaired) electrons. The van der Waals surface area contributed by atoms with E-state index in [1.165, 1.54) is 24.3 Å². The number of fused-ring (bicyclic) bond motifs is 1. The summed E-state index contributed by atoms with van der Waals surface area (Å²) in [5.74, 6) is -0.365. The van der Waals surface area contributed by atoms with Crippen LogP contribution in [-0.4, -0.2) is 10.8 Å². The summed E-state index contributed by atoms with van der Waals surface area (Å²) in [4.78, 5) is 24.3. The molecule has 1 aliphatic rings. The maximum absolute atomic E-state index is 10.8.